The predicted octanol–water partition coefficient (Wildman–Crippen LogP) is 4.88. The van der Waals surface area contributed by atoms with E-state index in [4.69, 9.17) is 23.2 Å². The van der Waals surface area contributed by atoms with E-state index in [2.05, 4.69) is 10.6 Å². The van der Waals surface area contributed by atoms with Gasteiger partial charge in [-0.05, 0) is 42.8 Å². The Balaban J connectivity index is 1.98. The summed E-state index contributed by atoms with van der Waals surface area (Å²) in [7, 11) is 0. The summed E-state index contributed by atoms with van der Waals surface area (Å²) in [4.78, 5) is 11.9. The van der Waals surface area contributed by atoms with Crippen LogP contribution in [0.2, 0.25) is 10.0 Å². The van der Waals surface area contributed by atoms with Gasteiger partial charge in [0.15, 0.2) is 0 Å². The first kappa shape index (κ1) is 14.7. The number of amides is 2. The Labute approximate surface area is 127 Å². The normalized spacial score (nSPS) is 11.8. The van der Waals surface area contributed by atoms with Crippen LogP contribution in [-0.4, -0.2) is 6.03 Å². The highest BCUT2D eigenvalue weighted by Crippen LogP contribution is 2.22. The van der Waals surface area contributed by atoms with E-state index in [1.54, 1.807) is 30.3 Å². The quantitative estimate of drug-likeness (QED) is 0.834. The van der Waals surface area contributed by atoms with Crippen LogP contribution in [-0.2, 0) is 0 Å². The lowest BCUT2D eigenvalue weighted by Crippen LogP contribution is -2.31. The number of anilines is 1. The Morgan fingerprint density at radius 2 is 1.70 bits per heavy atom. The van der Waals surface area contributed by atoms with E-state index in [9.17, 15) is 4.79 Å². The summed E-state index contributed by atoms with van der Waals surface area (Å²) >= 11 is 11.9. The Bertz CT molecular complexity index is 599. The maximum absolute atomic E-state index is 11.9. The topological polar surface area (TPSA) is 41.1 Å². The summed E-state index contributed by atoms with van der Waals surface area (Å²) in [6.45, 7) is 1.88. The maximum atomic E-state index is 11.9. The molecule has 2 amide bonds. The molecule has 0 aliphatic carbocycles. The van der Waals surface area contributed by atoms with Crippen molar-refractivity contribution in [1.29, 1.82) is 0 Å². The Morgan fingerprint density at radius 1 is 1.05 bits per heavy atom. The van der Waals surface area contributed by atoms with Crippen LogP contribution >= 0.6 is 23.2 Å². The Kier molecular flexibility index (Phi) is 4.88. The number of hydrogen-bond donors (Lipinski definition) is 2. The highest BCUT2D eigenvalue weighted by molar-refractivity contribution is 6.31. The van der Waals surface area contributed by atoms with Crippen molar-refractivity contribution >= 4 is 34.9 Å². The van der Waals surface area contributed by atoms with E-state index in [-0.39, 0.29) is 12.1 Å². The zero-order chi connectivity index (χ0) is 14.5. The monoisotopic (exact) mass is 308 g/mol. The van der Waals surface area contributed by atoms with Crippen molar-refractivity contribution in [2.24, 2.45) is 0 Å². The minimum absolute atomic E-state index is 0.184. The number of nitrogens with one attached hydrogen (secondary N) is 2. The lowest BCUT2D eigenvalue weighted by Gasteiger charge is -2.16. The largest absolute Gasteiger partial charge is 0.331 e. The van der Waals surface area contributed by atoms with Crippen molar-refractivity contribution in [3.8, 4) is 0 Å². The van der Waals surface area contributed by atoms with Crippen molar-refractivity contribution < 1.29 is 4.79 Å². The fraction of sp³-hybridized carbons (Fsp3) is 0.133. The van der Waals surface area contributed by atoms with Gasteiger partial charge in [-0.15, -0.1) is 0 Å². The standard InChI is InChI=1S/C15H14Cl2N2O/c1-10(13-4-2-3-5-14(13)17)18-15(20)19-12-8-6-11(16)7-9-12/h2-10H,1H3,(H2,18,19,20). The number of halogens is 2. The zero-order valence-corrected chi connectivity index (χ0v) is 12.4. The molecule has 1 atom stereocenters. The molecule has 0 radical (unpaired) electrons. The molecule has 0 saturated carbocycles. The molecule has 0 bridgehead atoms. The lowest BCUT2D eigenvalue weighted by atomic mass is 10.1. The van der Waals surface area contributed by atoms with Gasteiger partial charge in [-0.2, -0.15) is 0 Å². The van der Waals surface area contributed by atoms with Gasteiger partial charge in [0.25, 0.3) is 0 Å². The molecule has 1 unspecified atom stereocenters. The van der Waals surface area contributed by atoms with E-state index in [1.807, 2.05) is 25.1 Å². The molecule has 104 valence electrons. The van der Waals surface area contributed by atoms with Crippen LogP contribution in [0.15, 0.2) is 48.5 Å². The van der Waals surface area contributed by atoms with Gasteiger partial charge in [-0.1, -0.05) is 41.4 Å². The van der Waals surface area contributed by atoms with E-state index in [0.29, 0.717) is 15.7 Å². The highest BCUT2D eigenvalue weighted by atomic mass is 35.5. The summed E-state index contributed by atoms with van der Waals surface area (Å²) in [5.41, 5.74) is 1.55. The van der Waals surface area contributed by atoms with Gasteiger partial charge in [0.2, 0.25) is 0 Å². The minimum atomic E-state index is -0.292. The molecule has 0 aromatic heterocycles. The third kappa shape index (κ3) is 3.89. The van der Waals surface area contributed by atoms with Crippen molar-refractivity contribution in [2.45, 2.75) is 13.0 Å². The summed E-state index contributed by atoms with van der Waals surface area (Å²) in [5.74, 6) is 0. The first-order valence-electron chi connectivity index (χ1n) is 6.14. The third-order valence-electron chi connectivity index (χ3n) is 2.82. The van der Waals surface area contributed by atoms with E-state index < -0.39 is 0 Å². The maximum Gasteiger partial charge on any atom is 0.319 e. The minimum Gasteiger partial charge on any atom is -0.331 e. The molecule has 2 aromatic rings. The number of hydrogen-bond acceptors (Lipinski definition) is 1. The second kappa shape index (κ2) is 6.64. The lowest BCUT2D eigenvalue weighted by molar-refractivity contribution is 0.249. The van der Waals surface area contributed by atoms with Gasteiger partial charge < -0.3 is 10.6 Å². The number of urea groups is 1. The van der Waals surface area contributed by atoms with Gasteiger partial charge in [0.1, 0.15) is 0 Å². The molecule has 0 fully saturated rings. The van der Waals surface area contributed by atoms with Gasteiger partial charge in [-0.25, -0.2) is 4.79 Å². The first-order valence-corrected chi connectivity index (χ1v) is 6.89. The molecule has 0 aliphatic heterocycles. The summed E-state index contributed by atoms with van der Waals surface area (Å²) < 4.78 is 0. The highest BCUT2D eigenvalue weighted by Gasteiger charge is 2.12. The first-order chi connectivity index (χ1) is 9.56. The fourth-order valence-corrected chi connectivity index (χ4v) is 2.23. The summed E-state index contributed by atoms with van der Waals surface area (Å²) in [5, 5.41) is 6.83. The number of carbonyl (C=O) groups excluding carboxylic acids is 1. The van der Waals surface area contributed by atoms with Crippen LogP contribution in [0.5, 0.6) is 0 Å². The molecule has 0 saturated heterocycles. The Hall–Kier alpha value is -1.71. The molecule has 5 heteroatoms. The second-order valence-electron chi connectivity index (χ2n) is 4.35. The summed E-state index contributed by atoms with van der Waals surface area (Å²) in [6, 6.07) is 13.9. The molecule has 0 heterocycles. The van der Waals surface area contributed by atoms with E-state index in [1.165, 1.54) is 0 Å². The van der Waals surface area contributed by atoms with Crippen molar-refractivity contribution in [2.75, 3.05) is 5.32 Å². The molecule has 20 heavy (non-hydrogen) atoms. The molecule has 0 aliphatic rings. The van der Waals surface area contributed by atoms with Crippen LogP contribution in [0.25, 0.3) is 0 Å². The molecular weight excluding hydrogens is 295 g/mol. The molecule has 2 rings (SSSR count). The third-order valence-corrected chi connectivity index (χ3v) is 3.42. The second-order valence-corrected chi connectivity index (χ2v) is 5.19. The number of carbonyl (C=O) groups is 1. The van der Waals surface area contributed by atoms with Gasteiger partial charge in [-0.3, -0.25) is 0 Å². The Morgan fingerprint density at radius 3 is 2.35 bits per heavy atom. The van der Waals surface area contributed by atoms with Gasteiger partial charge in [0.05, 0.1) is 6.04 Å². The summed E-state index contributed by atoms with van der Waals surface area (Å²) in [6.07, 6.45) is 0. The molecule has 3 nitrogen and oxygen atoms in total. The molecule has 2 aromatic carbocycles. The average molecular weight is 309 g/mol. The fourth-order valence-electron chi connectivity index (χ4n) is 1.80. The van der Waals surface area contributed by atoms with Crippen LogP contribution < -0.4 is 10.6 Å². The van der Waals surface area contributed by atoms with Crippen molar-refractivity contribution in [1.82, 2.24) is 5.32 Å². The van der Waals surface area contributed by atoms with Crippen molar-refractivity contribution in [3.05, 3.63) is 64.1 Å². The van der Waals surface area contributed by atoms with Gasteiger partial charge >= 0.3 is 6.03 Å². The number of benzene rings is 2. The van der Waals surface area contributed by atoms with Crippen molar-refractivity contribution in [3.63, 3.8) is 0 Å². The number of rotatable bonds is 3. The molecule has 2 N–H and O–H groups in total. The van der Waals surface area contributed by atoms with Crippen LogP contribution in [0, 0.1) is 0 Å². The van der Waals surface area contributed by atoms with Gasteiger partial charge in [0, 0.05) is 15.7 Å². The molecule has 0 spiro atoms. The average Bonchev–Trinajstić information content (AvgIpc) is 2.41. The SMILES string of the molecule is CC(NC(=O)Nc1ccc(Cl)cc1)c1ccccc1Cl. The van der Waals surface area contributed by atoms with E-state index >= 15 is 0 Å². The van der Waals surface area contributed by atoms with Crippen LogP contribution in [0.1, 0.15) is 18.5 Å². The van der Waals surface area contributed by atoms with Crippen LogP contribution in [0.3, 0.4) is 0 Å². The van der Waals surface area contributed by atoms with E-state index in [0.717, 1.165) is 5.56 Å². The predicted molar refractivity (Wildman–Crippen MR) is 83.5 cm³/mol. The molecular formula is C15H14Cl2N2O. The smallest absolute Gasteiger partial charge is 0.319 e. The van der Waals surface area contributed by atoms with Crippen LogP contribution in [0.4, 0.5) is 10.5 Å². The zero-order valence-electron chi connectivity index (χ0n) is 10.9.